The van der Waals surface area contributed by atoms with Crippen LogP contribution >= 0.6 is 0 Å². The van der Waals surface area contributed by atoms with Crippen LogP contribution in [0.1, 0.15) is 30.7 Å². The predicted octanol–water partition coefficient (Wildman–Crippen LogP) is 4.82. The van der Waals surface area contributed by atoms with Crippen LogP contribution in [0, 0.1) is 10.6 Å². The second-order valence-electron chi connectivity index (χ2n) is 7.03. The monoisotopic (exact) mass is 385 g/mol. The maximum absolute atomic E-state index is 13.8. The Balaban J connectivity index is 2.25. The van der Waals surface area contributed by atoms with Crippen molar-refractivity contribution in [3.8, 4) is 5.75 Å². The molecule has 0 N–H and O–H groups in total. The van der Waals surface area contributed by atoms with Gasteiger partial charge in [-0.2, -0.15) is 26.7 Å². The number of alkyl halides is 5. The van der Waals surface area contributed by atoms with Gasteiger partial charge in [0.2, 0.25) is 5.69 Å². The quantitative estimate of drug-likeness (QED) is 0.422. The van der Waals surface area contributed by atoms with E-state index in [-0.39, 0.29) is 29.2 Å². The molecule has 0 aliphatic carbocycles. The Kier molecular flexibility index (Phi) is 4.40. The van der Waals surface area contributed by atoms with E-state index in [9.17, 15) is 27.2 Å². The fourth-order valence-corrected chi connectivity index (χ4v) is 2.85. The van der Waals surface area contributed by atoms with Crippen LogP contribution in [-0.2, 0) is 5.92 Å². The highest BCUT2D eigenvalue weighted by atomic mass is 19.4. The number of nitrogens with zero attached hydrogens (tertiary/aromatic N) is 1. The van der Waals surface area contributed by atoms with Crippen molar-refractivity contribution in [1.29, 1.82) is 0 Å². The van der Waals surface area contributed by atoms with Gasteiger partial charge in [-0.15, -0.1) is 0 Å². The van der Waals surface area contributed by atoms with Crippen LogP contribution in [-0.4, -0.2) is 12.8 Å². The molecule has 0 saturated carbocycles. The second kappa shape index (κ2) is 6.21. The fraction of sp³-hybridized carbons (Fsp3) is 0.316. The van der Waals surface area contributed by atoms with E-state index in [0.717, 1.165) is 12.1 Å². The molecule has 0 atom stereocenters. The molecule has 3 nitrogen and oxygen atoms in total. The van der Waals surface area contributed by atoms with Crippen molar-refractivity contribution >= 4 is 5.57 Å². The Labute approximate surface area is 152 Å². The molecule has 1 aliphatic rings. The van der Waals surface area contributed by atoms with Gasteiger partial charge in [0.25, 0.3) is 0 Å². The number of aromatic nitrogens is 1. The zero-order chi connectivity index (χ0) is 20.0. The maximum atomic E-state index is 13.8. The van der Waals surface area contributed by atoms with Gasteiger partial charge < -0.3 is 9.94 Å². The molecule has 2 aromatic rings. The molecule has 3 rings (SSSR count). The summed E-state index contributed by atoms with van der Waals surface area (Å²) in [7, 11) is 0. The molecule has 144 valence electrons. The Hall–Kier alpha value is -2.64. The molecule has 0 saturated heterocycles. The van der Waals surface area contributed by atoms with Gasteiger partial charge in [0.1, 0.15) is 5.75 Å². The van der Waals surface area contributed by atoms with Crippen LogP contribution < -0.4 is 9.47 Å². The number of benzene rings is 1. The molecule has 1 aliphatic heterocycles. The number of hydrogen-bond donors (Lipinski definition) is 0. The van der Waals surface area contributed by atoms with Crippen LogP contribution in [0.15, 0.2) is 48.7 Å². The molecular weight excluding hydrogens is 369 g/mol. The van der Waals surface area contributed by atoms with Gasteiger partial charge in [-0.3, -0.25) is 0 Å². The number of rotatable bonds is 2. The average Bonchev–Trinajstić information content (AvgIpc) is 2.70. The van der Waals surface area contributed by atoms with Gasteiger partial charge in [0.05, 0.1) is 12.2 Å². The Morgan fingerprint density at radius 3 is 2.41 bits per heavy atom. The summed E-state index contributed by atoms with van der Waals surface area (Å²) in [5.41, 5.74) is -1.41. The Morgan fingerprint density at radius 2 is 1.78 bits per heavy atom. The van der Waals surface area contributed by atoms with E-state index >= 15 is 0 Å². The van der Waals surface area contributed by atoms with Crippen LogP contribution in [0.2, 0.25) is 0 Å². The molecule has 2 heterocycles. The first-order valence-electron chi connectivity index (χ1n) is 8.06. The van der Waals surface area contributed by atoms with E-state index in [1.165, 1.54) is 18.3 Å². The van der Waals surface area contributed by atoms with Crippen molar-refractivity contribution in [1.82, 2.24) is 0 Å². The molecule has 0 bridgehead atoms. The van der Waals surface area contributed by atoms with Crippen molar-refractivity contribution in [3.63, 3.8) is 0 Å². The lowest BCUT2D eigenvalue weighted by Gasteiger charge is -2.21. The van der Waals surface area contributed by atoms with Crippen molar-refractivity contribution in [2.75, 3.05) is 6.61 Å². The van der Waals surface area contributed by atoms with Gasteiger partial charge in [-0.25, -0.2) is 0 Å². The summed E-state index contributed by atoms with van der Waals surface area (Å²) in [5, 5.41) is 12.2. The molecule has 0 radical (unpaired) electrons. The third kappa shape index (κ3) is 3.48. The molecular formula is C19H16F5NO2. The van der Waals surface area contributed by atoms with Crippen molar-refractivity contribution in [2.24, 2.45) is 5.41 Å². The van der Waals surface area contributed by atoms with Crippen LogP contribution in [0.5, 0.6) is 5.75 Å². The summed E-state index contributed by atoms with van der Waals surface area (Å²) in [6.07, 6.45) is -2.86. The highest BCUT2D eigenvalue weighted by molar-refractivity contribution is 5.81. The van der Waals surface area contributed by atoms with Crippen LogP contribution in [0.3, 0.4) is 0 Å². The zero-order valence-electron chi connectivity index (χ0n) is 14.5. The molecule has 0 amide bonds. The third-order valence-corrected chi connectivity index (χ3v) is 4.22. The van der Waals surface area contributed by atoms with Gasteiger partial charge in [-0.05, 0) is 24.3 Å². The maximum Gasteiger partial charge on any atom is 0.458 e. The smallest absolute Gasteiger partial charge is 0.458 e. The van der Waals surface area contributed by atoms with Crippen LogP contribution in [0.25, 0.3) is 5.57 Å². The highest BCUT2D eigenvalue weighted by Crippen LogP contribution is 2.46. The Morgan fingerprint density at radius 1 is 1.07 bits per heavy atom. The minimum absolute atomic E-state index is 0.0119. The first-order valence-corrected chi connectivity index (χ1v) is 8.06. The molecule has 27 heavy (non-hydrogen) atoms. The number of fused-ring (bicyclic) bond motifs is 1. The SMILES string of the molecule is CC1(C)C=C(c2cccc[n+]2[O-])c2cc(C(F)(F)C(F)(F)F)ccc2OC1. The van der Waals surface area contributed by atoms with Crippen molar-refractivity contribution < 1.29 is 31.4 Å². The standard InChI is InChI=1S/C19H16F5NO2/c1-17(2)10-14(15-5-3-4-8-25(15)26)13-9-12(6-7-16(13)27-11-17)18(20,21)19(22,23)24/h3-10H,11H2,1-2H3. The van der Waals surface area contributed by atoms with Crippen LogP contribution in [0.4, 0.5) is 22.0 Å². The summed E-state index contributed by atoms with van der Waals surface area (Å²) in [6.45, 7) is 3.79. The fourth-order valence-electron chi connectivity index (χ4n) is 2.85. The van der Waals surface area contributed by atoms with E-state index in [0.29, 0.717) is 10.8 Å². The lowest BCUT2D eigenvalue weighted by Crippen LogP contribution is -2.34. The molecule has 0 fully saturated rings. The largest absolute Gasteiger partial charge is 0.618 e. The minimum Gasteiger partial charge on any atom is -0.618 e. The Bertz CT molecular complexity index is 903. The molecule has 0 unspecified atom stereocenters. The predicted molar refractivity (Wildman–Crippen MR) is 88.1 cm³/mol. The van der Waals surface area contributed by atoms with Gasteiger partial charge in [0, 0.05) is 28.7 Å². The minimum atomic E-state index is -5.73. The molecule has 0 spiro atoms. The zero-order valence-corrected chi connectivity index (χ0v) is 14.5. The van der Waals surface area contributed by atoms with E-state index in [1.807, 2.05) is 13.8 Å². The summed E-state index contributed by atoms with van der Waals surface area (Å²) in [5.74, 6) is -4.89. The van der Waals surface area contributed by atoms with Gasteiger partial charge >= 0.3 is 12.1 Å². The van der Waals surface area contributed by atoms with Gasteiger partial charge in [0.15, 0.2) is 6.20 Å². The lowest BCUT2D eigenvalue weighted by atomic mass is 9.88. The number of halogens is 5. The topological polar surface area (TPSA) is 36.2 Å². The van der Waals surface area contributed by atoms with Crippen molar-refractivity contribution in [3.05, 3.63) is 70.7 Å². The summed E-state index contributed by atoms with van der Waals surface area (Å²) in [4.78, 5) is 0. The van der Waals surface area contributed by atoms with E-state index in [1.54, 1.807) is 12.1 Å². The highest BCUT2D eigenvalue weighted by Gasteiger charge is 2.58. The summed E-state index contributed by atoms with van der Waals surface area (Å²) in [6, 6.07) is 7.06. The third-order valence-electron chi connectivity index (χ3n) is 4.22. The number of hydrogen-bond acceptors (Lipinski definition) is 2. The summed E-state index contributed by atoms with van der Waals surface area (Å²) >= 11 is 0. The van der Waals surface area contributed by atoms with E-state index in [2.05, 4.69) is 0 Å². The second-order valence-corrected chi connectivity index (χ2v) is 7.03. The van der Waals surface area contributed by atoms with Crippen molar-refractivity contribution in [2.45, 2.75) is 25.9 Å². The first kappa shape index (κ1) is 19.1. The normalized spacial score (nSPS) is 16.8. The van der Waals surface area contributed by atoms with E-state index < -0.39 is 23.1 Å². The lowest BCUT2D eigenvalue weighted by molar-refractivity contribution is -0.607. The van der Waals surface area contributed by atoms with Gasteiger partial charge in [-0.1, -0.05) is 19.9 Å². The summed E-state index contributed by atoms with van der Waals surface area (Å²) < 4.78 is 72.2. The molecule has 8 heteroatoms. The first-order chi connectivity index (χ1) is 12.4. The molecule has 1 aromatic heterocycles. The molecule has 1 aromatic carbocycles. The van der Waals surface area contributed by atoms with E-state index in [4.69, 9.17) is 4.74 Å². The number of ether oxygens (including phenoxy) is 1. The average molecular weight is 385 g/mol. The number of pyridine rings is 1.